The minimum absolute atomic E-state index is 0.144. The molecule has 0 aliphatic carbocycles. The lowest BCUT2D eigenvalue weighted by atomic mass is 10.0. The van der Waals surface area contributed by atoms with Gasteiger partial charge in [-0.1, -0.05) is 24.3 Å². The van der Waals surface area contributed by atoms with Crippen molar-refractivity contribution in [2.24, 2.45) is 0 Å². The Balaban J connectivity index is 1.38. The fourth-order valence-corrected chi connectivity index (χ4v) is 3.89. The number of hydrogen-bond donors (Lipinski definition) is 4. The molecule has 1 atom stereocenters. The van der Waals surface area contributed by atoms with E-state index in [1.54, 1.807) is 24.3 Å². The molecular weight excluding hydrogens is 450 g/mol. The summed E-state index contributed by atoms with van der Waals surface area (Å²) in [7, 11) is 1.22. The van der Waals surface area contributed by atoms with E-state index < -0.39 is 29.4 Å². The predicted molar refractivity (Wildman–Crippen MR) is 129 cm³/mol. The number of esters is 1. The van der Waals surface area contributed by atoms with Crippen molar-refractivity contribution < 1.29 is 29.3 Å². The van der Waals surface area contributed by atoms with E-state index in [1.807, 2.05) is 6.07 Å². The van der Waals surface area contributed by atoms with E-state index in [0.29, 0.717) is 12.4 Å². The van der Waals surface area contributed by atoms with Crippen molar-refractivity contribution in [1.29, 1.82) is 0 Å². The smallest absolute Gasteiger partial charge is 0.328 e. The highest BCUT2D eigenvalue weighted by Gasteiger charge is 2.25. The van der Waals surface area contributed by atoms with Gasteiger partial charge in [-0.15, -0.1) is 0 Å². The molecule has 3 aromatic rings. The van der Waals surface area contributed by atoms with Gasteiger partial charge >= 0.3 is 5.97 Å². The lowest BCUT2D eigenvalue weighted by Gasteiger charge is -2.18. The monoisotopic (exact) mass is 477 g/mol. The highest BCUT2D eigenvalue weighted by molar-refractivity contribution is 6.01. The van der Waals surface area contributed by atoms with Crippen LogP contribution in [0.3, 0.4) is 0 Å². The molecule has 1 amide bonds. The van der Waals surface area contributed by atoms with Gasteiger partial charge in [-0.3, -0.25) is 4.79 Å². The van der Waals surface area contributed by atoms with Gasteiger partial charge in [-0.25, -0.2) is 9.78 Å². The molecule has 9 heteroatoms. The van der Waals surface area contributed by atoms with E-state index in [-0.39, 0.29) is 12.0 Å². The summed E-state index contributed by atoms with van der Waals surface area (Å²) in [6.07, 6.45) is 2.28. The quantitative estimate of drug-likeness (QED) is 0.365. The zero-order valence-corrected chi connectivity index (χ0v) is 19.3. The summed E-state index contributed by atoms with van der Waals surface area (Å²) in [5.41, 5.74) is 2.49. The first-order valence-electron chi connectivity index (χ1n) is 11.3. The Bertz CT molecular complexity index is 1190. The number of hydrogen-bond acceptors (Lipinski definition) is 8. The number of carbonyl (C=O) groups is 2. The number of aromatic hydroxyl groups is 2. The number of benzene rings is 2. The highest BCUT2D eigenvalue weighted by Crippen LogP contribution is 2.26. The zero-order chi connectivity index (χ0) is 24.8. The topological polar surface area (TPSA) is 130 Å². The maximum Gasteiger partial charge on any atom is 0.328 e. The van der Waals surface area contributed by atoms with Crippen molar-refractivity contribution in [2.45, 2.75) is 31.9 Å². The molecule has 1 aliphatic rings. The standard InChI is InChI=1S/C26H27N3O6/c1-34-26(33)20(29-25(32)23-21(30)5-2-6-22(23)31)14-16-7-11-19(12-8-16)35-15-18-10-9-17-4-3-13-27-24(17)28-18/h2,5-12,20,30-31H,3-4,13-15H2,1H3,(H,27,28)(H,29,32). The number of aryl methyl sites for hydroxylation is 1. The molecule has 1 unspecified atom stereocenters. The van der Waals surface area contributed by atoms with Gasteiger partial charge < -0.3 is 30.3 Å². The van der Waals surface area contributed by atoms with Crippen LogP contribution >= 0.6 is 0 Å². The Morgan fingerprint density at radius 3 is 2.54 bits per heavy atom. The Morgan fingerprint density at radius 1 is 1.09 bits per heavy atom. The van der Waals surface area contributed by atoms with Crippen LogP contribution in [0.5, 0.6) is 17.2 Å². The summed E-state index contributed by atoms with van der Waals surface area (Å²) in [6.45, 7) is 1.24. The largest absolute Gasteiger partial charge is 0.507 e. The SMILES string of the molecule is COC(=O)C(Cc1ccc(OCc2ccc3c(n2)NCCC3)cc1)NC(=O)c1c(O)cccc1O. The molecule has 2 heterocycles. The molecule has 0 bridgehead atoms. The third-order valence-electron chi connectivity index (χ3n) is 5.74. The number of nitrogens with one attached hydrogen (secondary N) is 2. The van der Waals surface area contributed by atoms with Crippen molar-refractivity contribution in [3.05, 3.63) is 77.0 Å². The molecule has 182 valence electrons. The number of amides is 1. The first-order valence-corrected chi connectivity index (χ1v) is 11.3. The second-order valence-corrected chi connectivity index (χ2v) is 8.20. The first-order chi connectivity index (χ1) is 16.9. The lowest BCUT2D eigenvalue weighted by Crippen LogP contribution is -2.43. The Morgan fingerprint density at radius 2 is 1.83 bits per heavy atom. The van der Waals surface area contributed by atoms with E-state index in [0.717, 1.165) is 36.5 Å². The molecule has 4 rings (SSSR count). The summed E-state index contributed by atoms with van der Waals surface area (Å²) in [4.78, 5) is 29.5. The van der Waals surface area contributed by atoms with Crippen molar-refractivity contribution >= 4 is 17.7 Å². The van der Waals surface area contributed by atoms with Crippen LogP contribution in [0.1, 0.15) is 33.6 Å². The summed E-state index contributed by atoms with van der Waals surface area (Å²) in [6, 6.07) is 14.1. The first kappa shape index (κ1) is 23.9. The number of methoxy groups -OCH3 is 1. The maximum atomic E-state index is 12.6. The minimum Gasteiger partial charge on any atom is -0.507 e. The van der Waals surface area contributed by atoms with Crippen molar-refractivity contribution in [2.75, 3.05) is 19.0 Å². The van der Waals surface area contributed by atoms with E-state index in [2.05, 4.69) is 21.7 Å². The molecule has 0 saturated carbocycles. The summed E-state index contributed by atoms with van der Waals surface area (Å²) in [5, 5.41) is 25.7. The molecule has 1 aromatic heterocycles. The van der Waals surface area contributed by atoms with Gasteiger partial charge in [0.25, 0.3) is 5.91 Å². The minimum atomic E-state index is -1.02. The molecule has 0 fully saturated rings. The van der Waals surface area contributed by atoms with Gasteiger partial charge in [0.2, 0.25) is 0 Å². The van der Waals surface area contributed by atoms with Crippen molar-refractivity contribution in [1.82, 2.24) is 10.3 Å². The van der Waals surface area contributed by atoms with Crippen molar-refractivity contribution in [3.63, 3.8) is 0 Å². The van der Waals surface area contributed by atoms with E-state index in [4.69, 9.17) is 9.47 Å². The van der Waals surface area contributed by atoms with Gasteiger partial charge in [0.15, 0.2) is 0 Å². The fourth-order valence-electron chi connectivity index (χ4n) is 3.89. The number of fused-ring (bicyclic) bond motifs is 1. The molecule has 4 N–H and O–H groups in total. The van der Waals surface area contributed by atoms with Crippen LogP contribution in [0.25, 0.3) is 0 Å². The average molecular weight is 478 g/mol. The average Bonchev–Trinajstić information content (AvgIpc) is 2.87. The normalized spacial score (nSPS) is 13.2. The molecule has 35 heavy (non-hydrogen) atoms. The Labute approximate surface area is 202 Å². The molecule has 0 spiro atoms. The summed E-state index contributed by atoms with van der Waals surface area (Å²) >= 11 is 0. The number of ether oxygens (including phenoxy) is 2. The molecule has 0 saturated heterocycles. The Kier molecular flexibility index (Phi) is 7.35. The maximum absolute atomic E-state index is 12.6. The van der Waals surface area contributed by atoms with Gasteiger partial charge in [-0.05, 0) is 54.3 Å². The van der Waals surface area contributed by atoms with Crippen LogP contribution in [0.15, 0.2) is 54.6 Å². The van der Waals surface area contributed by atoms with Crippen LogP contribution in [0.4, 0.5) is 5.82 Å². The predicted octanol–water partition coefficient (Wildman–Crippen LogP) is 2.94. The third kappa shape index (κ3) is 5.81. The Hall–Kier alpha value is -4.27. The number of carbonyl (C=O) groups excluding carboxylic acids is 2. The summed E-state index contributed by atoms with van der Waals surface area (Å²) in [5.74, 6) is -0.669. The van der Waals surface area contributed by atoms with E-state index >= 15 is 0 Å². The molecule has 2 aromatic carbocycles. The summed E-state index contributed by atoms with van der Waals surface area (Å²) < 4.78 is 10.7. The lowest BCUT2D eigenvalue weighted by molar-refractivity contribution is -0.142. The second kappa shape index (κ2) is 10.8. The molecule has 9 nitrogen and oxygen atoms in total. The van der Waals surface area contributed by atoms with Crippen LogP contribution < -0.4 is 15.4 Å². The number of pyridine rings is 1. The number of phenols is 2. The fraction of sp³-hybridized carbons (Fsp3) is 0.269. The van der Waals surface area contributed by atoms with Crippen LogP contribution in [-0.4, -0.2) is 46.8 Å². The van der Waals surface area contributed by atoms with Gasteiger partial charge in [0, 0.05) is 13.0 Å². The zero-order valence-electron chi connectivity index (χ0n) is 19.3. The van der Waals surface area contributed by atoms with E-state index in [1.165, 1.54) is 30.9 Å². The van der Waals surface area contributed by atoms with Crippen LogP contribution in [-0.2, 0) is 29.0 Å². The van der Waals surface area contributed by atoms with Crippen LogP contribution in [0, 0.1) is 0 Å². The van der Waals surface area contributed by atoms with Gasteiger partial charge in [0.1, 0.15) is 41.3 Å². The number of anilines is 1. The molecular formula is C26H27N3O6. The van der Waals surface area contributed by atoms with Crippen LogP contribution in [0.2, 0.25) is 0 Å². The molecule has 0 radical (unpaired) electrons. The molecule has 1 aliphatic heterocycles. The number of nitrogens with zero attached hydrogens (tertiary/aromatic N) is 1. The number of aromatic nitrogens is 1. The number of rotatable bonds is 8. The van der Waals surface area contributed by atoms with Gasteiger partial charge in [0.05, 0.1) is 12.8 Å². The number of phenolic OH excluding ortho intramolecular Hbond substituents is 2. The van der Waals surface area contributed by atoms with Crippen molar-refractivity contribution in [3.8, 4) is 17.2 Å². The highest BCUT2D eigenvalue weighted by atomic mass is 16.5. The van der Waals surface area contributed by atoms with E-state index in [9.17, 15) is 19.8 Å². The third-order valence-corrected chi connectivity index (χ3v) is 5.74. The van der Waals surface area contributed by atoms with Gasteiger partial charge in [-0.2, -0.15) is 0 Å². The second-order valence-electron chi connectivity index (χ2n) is 8.20.